The number of rotatable bonds is 3. The molecule has 2 unspecified atom stereocenters. The average molecular weight is 402 g/mol. The number of hydrogen-bond donors (Lipinski definition) is 0. The van der Waals surface area contributed by atoms with Gasteiger partial charge in [-0.3, -0.25) is 10.1 Å². The van der Waals surface area contributed by atoms with Gasteiger partial charge in [-0.05, 0) is 28.7 Å². The Morgan fingerprint density at radius 3 is 2.50 bits per heavy atom. The molecule has 3 nitrogen and oxygen atoms in total. The van der Waals surface area contributed by atoms with E-state index < -0.39 is 10.7 Å². The van der Waals surface area contributed by atoms with Crippen molar-refractivity contribution in [1.29, 1.82) is 0 Å². The average Bonchev–Trinajstić information content (AvgIpc) is 2.19. The normalized spacial score (nSPS) is 14.6. The highest BCUT2D eigenvalue weighted by molar-refractivity contribution is 14.1. The van der Waals surface area contributed by atoms with Crippen LogP contribution in [0.2, 0.25) is 0 Å². The Morgan fingerprint density at radius 2 is 2.06 bits per heavy atom. The third-order valence-electron chi connectivity index (χ3n) is 2.45. The molecule has 0 saturated carbocycles. The molecule has 6 heteroatoms. The lowest BCUT2D eigenvalue weighted by Gasteiger charge is -2.15. The van der Waals surface area contributed by atoms with Crippen molar-refractivity contribution in [3.63, 3.8) is 0 Å². The predicted molar refractivity (Wildman–Crippen MR) is 72.6 cm³/mol. The summed E-state index contributed by atoms with van der Waals surface area (Å²) in [5.41, 5.74) is 0.400. The predicted octanol–water partition coefficient (Wildman–Crippen LogP) is 4.23. The zero-order chi connectivity index (χ0) is 12.5. The monoisotopic (exact) mass is 401 g/mol. The Bertz CT molecular complexity index is 426. The summed E-state index contributed by atoms with van der Waals surface area (Å²) in [6.45, 7) is 3.71. The topological polar surface area (TPSA) is 43.1 Å². The van der Waals surface area contributed by atoms with Crippen LogP contribution in [0.1, 0.15) is 25.3 Å². The Labute approximate surface area is 115 Å². The number of hydrogen-bond acceptors (Lipinski definition) is 2. The summed E-state index contributed by atoms with van der Waals surface area (Å²) in [6.07, 6.45) is 0. The van der Waals surface area contributed by atoms with Crippen molar-refractivity contribution in [2.45, 2.75) is 24.6 Å². The van der Waals surface area contributed by atoms with Crippen molar-refractivity contribution in [3.05, 3.63) is 37.2 Å². The zero-order valence-electron chi connectivity index (χ0n) is 8.71. The van der Waals surface area contributed by atoms with Crippen LogP contribution in [0.15, 0.2) is 12.1 Å². The molecule has 0 aliphatic rings. The van der Waals surface area contributed by atoms with Crippen molar-refractivity contribution < 1.29 is 9.31 Å². The highest BCUT2D eigenvalue weighted by Gasteiger charge is 2.24. The number of alkyl halides is 1. The minimum atomic E-state index is -0.469. The fourth-order valence-electron chi connectivity index (χ4n) is 1.32. The molecule has 2 atom stereocenters. The lowest BCUT2D eigenvalue weighted by molar-refractivity contribution is -0.385. The van der Waals surface area contributed by atoms with Crippen LogP contribution in [-0.4, -0.2) is 9.75 Å². The molecule has 0 aliphatic heterocycles. The number of halogens is 3. The summed E-state index contributed by atoms with van der Waals surface area (Å²) in [7, 11) is 0. The Hall–Kier alpha value is -0.240. The molecular weight excluding hydrogens is 392 g/mol. The molecule has 1 aromatic rings. The summed E-state index contributed by atoms with van der Waals surface area (Å²) in [5.74, 6) is -0.534. The lowest BCUT2D eigenvalue weighted by atomic mass is 9.97. The van der Waals surface area contributed by atoms with E-state index in [-0.39, 0.29) is 20.0 Å². The van der Waals surface area contributed by atoms with Crippen molar-refractivity contribution in [2.75, 3.05) is 0 Å². The molecule has 1 aromatic carbocycles. The first-order valence-corrected chi connectivity index (χ1v) is 6.61. The molecule has 1 rings (SSSR count). The van der Waals surface area contributed by atoms with Gasteiger partial charge < -0.3 is 0 Å². The molecule has 0 N–H and O–H groups in total. The minimum absolute atomic E-state index is 0.0235. The Balaban J connectivity index is 3.36. The van der Waals surface area contributed by atoms with E-state index in [0.717, 1.165) is 0 Å². The van der Waals surface area contributed by atoms with Crippen LogP contribution < -0.4 is 0 Å². The van der Waals surface area contributed by atoms with Crippen molar-refractivity contribution in [2.24, 2.45) is 0 Å². The van der Waals surface area contributed by atoms with E-state index in [1.165, 1.54) is 12.1 Å². The van der Waals surface area contributed by atoms with Gasteiger partial charge in [0, 0.05) is 22.4 Å². The summed E-state index contributed by atoms with van der Waals surface area (Å²) in [6, 6.07) is 2.53. The Morgan fingerprint density at radius 1 is 1.50 bits per heavy atom. The summed E-state index contributed by atoms with van der Waals surface area (Å²) < 4.78 is 13.7. The molecule has 16 heavy (non-hydrogen) atoms. The van der Waals surface area contributed by atoms with Crippen molar-refractivity contribution in [1.82, 2.24) is 0 Å². The minimum Gasteiger partial charge on any atom is -0.258 e. The first-order valence-electron chi connectivity index (χ1n) is 4.62. The first-order chi connectivity index (χ1) is 7.34. The molecule has 0 radical (unpaired) electrons. The smallest absolute Gasteiger partial charge is 0.258 e. The van der Waals surface area contributed by atoms with E-state index >= 15 is 0 Å². The Kier molecular flexibility index (Phi) is 4.66. The third kappa shape index (κ3) is 2.91. The van der Waals surface area contributed by atoms with E-state index in [4.69, 9.17) is 0 Å². The van der Waals surface area contributed by atoms with Crippen LogP contribution in [0, 0.1) is 19.5 Å². The van der Waals surface area contributed by atoms with Crippen LogP contribution >= 0.6 is 38.5 Å². The summed E-state index contributed by atoms with van der Waals surface area (Å²) >= 11 is 5.11. The summed E-state index contributed by atoms with van der Waals surface area (Å²) in [5, 5.41) is 10.9. The molecule has 0 bridgehead atoms. The molecule has 0 spiro atoms. The molecule has 0 saturated heterocycles. The maximum Gasteiger partial charge on any atom is 0.274 e. The number of nitro benzene ring substituents is 1. The highest BCUT2D eigenvalue weighted by Crippen LogP contribution is 2.33. The molecule has 0 fully saturated rings. The van der Waals surface area contributed by atoms with Gasteiger partial charge in [0.15, 0.2) is 0 Å². The first kappa shape index (κ1) is 13.8. The van der Waals surface area contributed by atoms with E-state index in [0.29, 0.717) is 5.56 Å². The van der Waals surface area contributed by atoms with Crippen LogP contribution in [0.3, 0.4) is 0 Å². The van der Waals surface area contributed by atoms with Crippen LogP contribution in [0.25, 0.3) is 0 Å². The molecule has 0 aromatic heterocycles. The lowest BCUT2D eigenvalue weighted by Crippen LogP contribution is -2.08. The zero-order valence-corrected chi connectivity index (χ0v) is 12.5. The maximum absolute atomic E-state index is 13.4. The van der Waals surface area contributed by atoms with E-state index in [9.17, 15) is 14.5 Å². The van der Waals surface area contributed by atoms with E-state index in [2.05, 4.69) is 15.9 Å². The third-order valence-corrected chi connectivity index (χ3v) is 4.07. The highest BCUT2D eigenvalue weighted by atomic mass is 127. The number of nitrogens with zero attached hydrogens (tertiary/aromatic N) is 1. The van der Waals surface area contributed by atoms with Crippen molar-refractivity contribution >= 4 is 44.2 Å². The second kappa shape index (κ2) is 5.39. The molecule has 88 valence electrons. The number of nitro groups is 1. The van der Waals surface area contributed by atoms with Gasteiger partial charge in [-0.15, -0.1) is 0 Å². The fraction of sp³-hybridized carbons (Fsp3) is 0.400. The summed E-state index contributed by atoms with van der Waals surface area (Å²) in [4.78, 5) is 10.5. The van der Waals surface area contributed by atoms with Gasteiger partial charge in [0.1, 0.15) is 5.82 Å². The quantitative estimate of drug-likeness (QED) is 0.329. The van der Waals surface area contributed by atoms with Gasteiger partial charge >= 0.3 is 0 Å². The second-order valence-electron chi connectivity index (χ2n) is 3.55. The van der Waals surface area contributed by atoms with Crippen molar-refractivity contribution in [3.8, 4) is 0 Å². The van der Waals surface area contributed by atoms with Gasteiger partial charge in [0.25, 0.3) is 5.69 Å². The fourth-order valence-corrected chi connectivity index (χ4v) is 2.06. The standard InChI is InChI=1S/C10H10BrFINO2/c1-5(6(2)11)7-3-8(12)9(13)4-10(7)14(15)16/h3-6H,1-2H3. The van der Waals surface area contributed by atoms with E-state index in [1.54, 1.807) is 22.6 Å². The number of benzene rings is 1. The van der Waals surface area contributed by atoms with Crippen LogP contribution in [0.4, 0.5) is 10.1 Å². The molecule has 0 heterocycles. The van der Waals surface area contributed by atoms with Crippen LogP contribution in [-0.2, 0) is 0 Å². The molecular formula is C10H10BrFINO2. The van der Waals surface area contributed by atoms with Crippen LogP contribution in [0.5, 0.6) is 0 Å². The largest absolute Gasteiger partial charge is 0.274 e. The second-order valence-corrected chi connectivity index (χ2v) is 6.15. The van der Waals surface area contributed by atoms with Gasteiger partial charge in [0.05, 0.1) is 8.49 Å². The van der Waals surface area contributed by atoms with Gasteiger partial charge in [-0.2, -0.15) is 0 Å². The SMILES string of the molecule is CC(Br)C(C)c1cc(F)c(I)cc1[N+](=O)[O-]. The molecule has 0 amide bonds. The van der Waals surface area contributed by atoms with Gasteiger partial charge in [0.2, 0.25) is 0 Å². The van der Waals surface area contributed by atoms with Gasteiger partial charge in [-0.1, -0.05) is 29.8 Å². The van der Waals surface area contributed by atoms with Gasteiger partial charge in [-0.25, -0.2) is 4.39 Å². The molecule has 0 aliphatic carbocycles. The maximum atomic E-state index is 13.4. The van der Waals surface area contributed by atoms with E-state index in [1.807, 2.05) is 13.8 Å².